The molecule has 0 saturated heterocycles. The normalized spacial score (nSPS) is 12.0. The van der Waals surface area contributed by atoms with Crippen molar-refractivity contribution in [2.75, 3.05) is 36.1 Å². The summed E-state index contributed by atoms with van der Waals surface area (Å²) in [6.07, 6.45) is 5.53. The first-order valence-corrected chi connectivity index (χ1v) is 11.3. The van der Waals surface area contributed by atoms with E-state index < -0.39 is 10.0 Å². The van der Waals surface area contributed by atoms with Crippen molar-refractivity contribution in [1.82, 2.24) is 10.6 Å². The lowest BCUT2D eigenvalue weighted by Crippen LogP contribution is -2.37. The van der Waals surface area contributed by atoms with Crippen molar-refractivity contribution >= 4 is 33.4 Å². The molecule has 0 radical (unpaired) electrons. The monoisotopic (exact) mass is 372 g/mol. The molecular formula is C16H28N4O2S2. The minimum atomic E-state index is -3.30. The van der Waals surface area contributed by atoms with Crippen molar-refractivity contribution in [3.05, 3.63) is 29.8 Å². The van der Waals surface area contributed by atoms with Gasteiger partial charge in [0.1, 0.15) is 0 Å². The summed E-state index contributed by atoms with van der Waals surface area (Å²) in [6.45, 7) is 4.07. The first kappa shape index (κ1) is 20.6. The number of rotatable bonds is 10. The second kappa shape index (κ2) is 11.2. The standard InChI is InChI=1S/C16H28N4O2S2/c1-4-17-16(18-11-7-8-12-23-2)19-13-14-9-5-6-10-15(14)20-24(3,21)22/h5-6,9-10,20H,4,7-8,11-13H2,1-3H3,(H2,17,18,19). The van der Waals surface area contributed by atoms with Gasteiger partial charge in [0.05, 0.1) is 18.5 Å². The minimum Gasteiger partial charge on any atom is -0.357 e. The predicted molar refractivity (Wildman–Crippen MR) is 105 cm³/mol. The molecule has 0 fully saturated rings. The van der Waals surface area contributed by atoms with Crippen LogP contribution in [0.5, 0.6) is 0 Å². The van der Waals surface area contributed by atoms with Gasteiger partial charge in [-0.1, -0.05) is 18.2 Å². The van der Waals surface area contributed by atoms with E-state index in [0.29, 0.717) is 12.2 Å². The Bertz CT molecular complexity index is 618. The van der Waals surface area contributed by atoms with Crippen LogP contribution >= 0.6 is 11.8 Å². The molecule has 24 heavy (non-hydrogen) atoms. The number of guanidine groups is 1. The van der Waals surface area contributed by atoms with Crippen LogP contribution in [0.4, 0.5) is 5.69 Å². The molecule has 0 bridgehead atoms. The molecule has 0 heterocycles. The molecule has 136 valence electrons. The van der Waals surface area contributed by atoms with Crippen molar-refractivity contribution in [3.8, 4) is 0 Å². The van der Waals surface area contributed by atoms with Gasteiger partial charge in [0, 0.05) is 13.1 Å². The zero-order valence-electron chi connectivity index (χ0n) is 14.6. The predicted octanol–water partition coefficient (Wildman–Crippen LogP) is 2.26. The molecule has 0 amide bonds. The van der Waals surface area contributed by atoms with Gasteiger partial charge < -0.3 is 10.6 Å². The Hall–Kier alpha value is -1.41. The van der Waals surface area contributed by atoms with Crippen LogP contribution in [0.1, 0.15) is 25.3 Å². The van der Waals surface area contributed by atoms with Crippen LogP contribution in [-0.4, -0.2) is 45.7 Å². The number of anilines is 1. The van der Waals surface area contributed by atoms with E-state index in [-0.39, 0.29) is 0 Å². The summed E-state index contributed by atoms with van der Waals surface area (Å²) in [6, 6.07) is 7.30. The summed E-state index contributed by atoms with van der Waals surface area (Å²) in [5, 5.41) is 6.52. The zero-order valence-corrected chi connectivity index (χ0v) is 16.3. The summed E-state index contributed by atoms with van der Waals surface area (Å²) in [4.78, 5) is 4.55. The molecule has 6 nitrogen and oxygen atoms in total. The maximum absolute atomic E-state index is 11.4. The third-order valence-corrected chi connectivity index (χ3v) is 4.42. The fourth-order valence-corrected chi connectivity index (χ4v) is 3.13. The van der Waals surface area contributed by atoms with Gasteiger partial charge >= 0.3 is 0 Å². The summed E-state index contributed by atoms with van der Waals surface area (Å²) < 4.78 is 25.4. The largest absolute Gasteiger partial charge is 0.357 e. The van der Waals surface area contributed by atoms with Crippen LogP contribution in [0.2, 0.25) is 0 Å². The summed E-state index contributed by atoms with van der Waals surface area (Å²) in [5.74, 6) is 1.91. The molecule has 3 N–H and O–H groups in total. The lowest BCUT2D eigenvalue weighted by atomic mass is 10.2. The molecule has 0 unspecified atom stereocenters. The number of aliphatic imine (C=N–C) groups is 1. The van der Waals surface area contributed by atoms with Crippen LogP contribution in [0.25, 0.3) is 0 Å². The number of benzene rings is 1. The highest BCUT2D eigenvalue weighted by Crippen LogP contribution is 2.17. The summed E-state index contributed by atoms with van der Waals surface area (Å²) >= 11 is 1.85. The van der Waals surface area contributed by atoms with Gasteiger partial charge in [0.25, 0.3) is 0 Å². The second-order valence-corrected chi connectivity index (χ2v) is 8.09. The Labute approximate surface area is 150 Å². The minimum absolute atomic E-state index is 0.402. The van der Waals surface area contributed by atoms with E-state index in [1.165, 1.54) is 12.2 Å². The number of nitrogens with one attached hydrogen (secondary N) is 3. The average Bonchev–Trinajstić information content (AvgIpc) is 2.52. The van der Waals surface area contributed by atoms with Gasteiger partial charge in [-0.15, -0.1) is 0 Å². The Morgan fingerprint density at radius 3 is 2.62 bits per heavy atom. The molecule has 0 aromatic heterocycles. The van der Waals surface area contributed by atoms with Gasteiger partial charge in [0.15, 0.2) is 5.96 Å². The van der Waals surface area contributed by atoms with Crippen LogP contribution in [0.3, 0.4) is 0 Å². The first-order chi connectivity index (χ1) is 11.5. The second-order valence-electron chi connectivity index (χ2n) is 5.35. The van der Waals surface area contributed by atoms with Crippen LogP contribution < -0.4 is 15.4 Å². The van der Waals surface area contributed by atoms with Crippen molar-refractivity contribution in [3.63, 3.8) is 0 Å². The SMILES string of the molecule is CCNC(=NCc1ccccc1NS(C)(=O)=O)NCCCCSC. The topological polar surface area (TPSA) is 82.6 Å². The Morgan fingerprint density at radius 1 is 1.21 bits per heavy atom. The summed E-state index contributed by atoms with van der Waals surface area (Å²) in [7, 11) is -3.30. The van der Waals surface area contributed by atoms with Crippen LogP contribution in [0.15, 0.2) is 29.3 Å². The van der Waals surface area contributed by atoms with Gasteiger partial charge in [-0.2, -0.15) is 11.8 Å². The first-order valence-electron chi connectivity index (χ1n) is 8.03. The fraction of sp³-hybridized carbons (Fsp3) is 0.562. The van der Waals surface area contributed by atoms with E-state index in [2.05, 4.69) is 26.6 Å². The molecular weight excluding hydrogens is 344 g/mol. The average molecular weight is 373 g/mol. The smallest absolute Gasteiger partial charge is 0.229 e. The molecule has 0 atom stereocenters. The molecule has 0 saturated carbocycles. The molecule has 1 aromatic rings. The van der Waals surface area contributed by atoms with Gasteiger partial charge in [-0.25, -0.2) is 13.4 Å². The van der Waals surface area contributed by atoms with Gasteiger partial charge in [-0.3, -0.25) is 4.72 Å². The van der Waals surface area contributed by atoms with Crippen molar-refractivity contribution in [2.45, 2.75) is 26.3 Å². The number of para-hydroxylation sites is 1. The number of hydrogen-bond donors (Lipinski definition) is 3. The van der Waals surface area contributed by atoms with E-state index in [1.54, 1.807) is 12.1 Å². The maximum atomic E-state index is 11.4. The van der Waals surface area contributed by atoms with E-state index in [9.17, 15) is 8.42 Å². The van der Waals surface area contributed by atoms with E-state index in [4.69, 9.17) is 0 Å². The molecule has 0 aliphatic rings. The lowest BCUT2D eigenvalue weighted by Gasteiger charge is -2.12. The Morgan fingerprint density at radius 2 is 1.96 bits per heavy atom. The number of sulfonamides is 1. The zero-order chi connectivity index (χ0) is 17.8. The lowest BCUT2D eigenvalue weighted by molar-refractivity contribution is 0.606. The highest BCUT2D eigenvalue weighted by Gasteiger charge is 2.07. The molecule has 0 spiro atoms. The quantitative estimate of drug-likeness (QED) is 0.333. The highest BCUT2D eigenvalue weighted by atomic mass is 32.2. The number of nitrogens with zero attached hydrogens (tertiary/aromatic N) is 1. The summed E-state index contributed by atoms with van der Waals surface area (Å²) in [5.41, 5.74) is 1.40. The van der Waals surface area contributed by atoms with Crippen LogP contribution in [-0.2, 0) is 16.6 Å². The number of thioether (sulfide) groups is 1. The molecule has 8 heteroatoms. The fourth-order valence-electron chi connectivity index (χ4n) is 2.04. The molecule has 1 rings (SSSR count). The van der Waals surface area contributed by atoms with Crippen molar-refractivity contribution < 1.29 is 8.42 Å². The van der Waals surface area contributed by atoms with Gasteiger partial charge in [-0.05, 0) is 43.4 Å². The third kappa shape index (κ3) is 9.02. The Balaban J connectivity index is 2.68. The molecule has 0 aliphatic heterocycles. The number of unbranched alkanes of at least 4 members (excludes halogenated alkanes) is 1. The highest BCUT2D eigenvalue weighted by molar-refractivity contribution is 7.98. The van der Waals surface area contributed by atoms with E-state index in [1.807, 2.05) is 30.8 Å². The van der Waals surface area contributed by atoms with E-state index >= 15 is 0 Å². The van der Waals surface area contributed by atoms with E-state index in [0.717, 1.165) is 37.3 Å². The number of hydrogen-bond acceptors (Lipinski definition) is 4. The van der Waals surface area contributed by atoms with Gasteiger partial charge in [0.2, 0.25) is 10.0 Å². The van der Waals surface area contributed by atoms with Crippen molar-refractivity contribution in [2.24, 2.45) is 4.99 Å². The maximum Gasteiger partial charge on any atom is 0.229 e. The van der Waals surface area contributed by atoms with Crippen molar-refractivity contribution in [1.29, 1.82) is 0 Å². The Kier molecular flexibility index (Phi) is 9.63. The molecule has 1 aromatic carbocycles. The third-order valence-electron chi connectivity index (χ3n) is 3.13. The molecule has 0 aliphatic carbocycles. The van der Waals surface area contributed by atoms with Crippen LogP contribution in [0, 0.1) is 0 Å².